The van der Waals surface area contributed by atoms with Crippen LogP contribution in [-0.2, 0) is 0 Å². The second-order valence-corrected chi connectivity index (χ2v) is 4.98. The van der Waals surface area contributed by atoms with Crippen LogP contribution in [0.2, 0.25) is 5.02 Å². The van der Waals surface area contributed by atoms with E-state index in [9.17, 15) is 8.78 Å². The van der Waals surface area contributed by atoms with Crippen molar-refractivity contribution in [3.8, 4) is 0 Å². The first kappa shape index (κ1) is 14.0. The molecule has 100 valence electrons. The van der Waals surface area contributed by atoms with Crippen molar-refractivity contribution in [2.45, 2.75) is 19.9 Å². The molecule has 4 heteroatoms. The fraction of sp³-hybridized carbons (Fsp3) is 0.200. The largest absolute Gasteiger partial charge is 0.320 e. The molecule has 2 aromatic rings. The Hall–Kier alpha value is -1.45. The fourth-order valence-electron chi connectivity index (χ4n) is 2.25. The molecule has 2 rings (SSSR count). The van der Waals surface area contributed by atoms with Gasteiger partial charge in [0.1, 0.15) is 0 Å². The zero-order valence-electron chi connectivity index (χ0n) is 10.7. The van der Waals surface area contributed by atoms with Crippen molar-refractivity contribution in [2.75, 3.05) is 0 Å². The van der Waals surface area contributed by atoms with Gasteiger partial charge in [0.05, 0.1) is 6.04 Å². The highest BCUT2D eigenvalue weighted by Crippen LogP contribution is 2.31. The number of hydrogen-bond donors (Lipinski definition) is 1. The smallest absolute Gasteiger partial charge is 0.160 e. The van der Waals surface area contributed by atoms with Gasteiger partial charge in [-0.3, -0.25) is 0 Å². The highest BCUT2D eigenvalue weighted by molar-refractivity contribution is 6.31. The van der Waals surface area contributed by atoms with Gasteiger partial charge < -0.3 is 5.73 Å². The zero-order valence-corrected chi connectivity index (χ0v) is 11.4. The SMILES string of the molecule is Cc1cccc(C)c1C(N)c1cc(F)c(F)cc1Cl. The molecule has 2 aromatic carbocycles. The molecule has 0 amide bonds. The Kier molecular flexibility index (Phi) is 3.88. The van der Waals surface area contributed by atoms with Crippen LogP contribution in [0, 0.1) is 25.5 Å². The molecule has 0 heterocycles. The second-order valence-electron chi connectivity index (χ2n) is 4.57. The molecule has 0 bridgehead atoms. The fourth-order valence-corrected chi connectivity index (χ4v) is 2.52. The quantitative estimate of drug-likeness (QED) is 0.817. The summed E-state index contributed by atoms with van der Waals surface area (Å²) < 4.78 is 26.4. The Balaban J connectivity index is 2.56. The van der Waals surface area contributed by atoms with Gasteiger partial charge in [-0.15, -0.1) is 0 Å². The monoisotopic (exact) mass is 281 g/mol. The molecule has 0 aliphatic rings. The lowest BCUT2D eigenvalue weighted by Crippen LogP contribution is -2.16. The number of hydrogen-bond acceptors (Lipinski definition) is 1. The van der Waals surface area contributed by atoms with Crippen LogP contribution in [0.15, 0.2) is 30.3 Å². The maximum Gasteiger partial charge on any atom is 0.160 e. The van der Waals surface area contributed by atoms with Crippen molar-refractivity contribution in [2.24, 2.45) is 5.73 Å². The Morgan fingerprint density at radius 1 is 1.05 bits per heavy atom. The van der Waals surface area contributed by atoms with Gasteiger partial charge in [0.15, 0.2) is 11.6 Å². The van der Waals surface area contributed by atoms with E-state index in [0.29, 0.717) is 5.56 Å². The van der Waals surface area contributed by atoms with Gasteiger partial charge in [-0.25, -0.2) is 8.78 Å². The maximum atomic E-state index is 13.3. The van der Waals surface area contributed by atoms with E-state index in [1.54, 1.807) is 0 Å². The van der Waals surface area contributed by atoms with Gasteiger partial charge in [0.2, 0.25) is 0 Å². The molecule has 0 aliphatic carbocycles. The second kappa shape index (κ2) is 5.27. The number of nitrogens with two attached hydrogens (primary N) is 1. The standard InChI is InChI=1S/C15H14ClF2N/c1-8-4-3-5-9(2)14(8)15(19)10-6-12(17)13(18)7-11(10)16/h3-7,15H,19H2,1-2H3. The lowest BCUT2D eigenvalue weighted by Gasteiger charge is -2.19. The highest BCUT2D eigenvalue weighted by Gasteiger charge is 2.19. The maximum absolute atomic E-state index is 13.3. The molecule has 0 fully saturated rings. The summed E-state index contributed by atoms with van der Waals surface area (Å²) in [5.41, 5.74) is 9.42. The van der Waals surface area contributed by atoms with Gasteiger partial charge in [0.25, 0.3) is 0 Å². The van der Waals surface area contributed by atoms with E-state index >= 15 is 0 Å². The van der Waals surface area contributed by atoms with E-state index in [-0.39, 0.29) is 5.02 Å². The summed E-state index contributed by atoms with van der Waals surface area (Å²) >= 11 is 5.96. The first-order chi connectivity index (χ1) is 8.91. The summed E-state index contributed by atoms with van der Waals surface area (Å²) in [6, 6.07) is 7.22. The van der Waals surface area contributed by atoms with E-state index < -0.39 is 17.7 Å². The Bertz CT molecular complexity index is 606. The molecule has 19 heavy (non-hydrogen) atoms. The van der Waals surface area contributed by atoms with E-state index in [1.165, 1.54) is 0 Å². The van der Waals surface area contributed by atoms with E-state index in [2.05, 4.69) is 0 Å². The molecule has 2 N–H and O–H groups in total. The van der Waals surface area contributed by atoms with Crippen molar-refractivity contribution < 1.29 is 8.78 Å². The van der Waals surface area contributed by atoms with Crippen LogP contribution in [-0.4, -0.2) is 0 Å². The molecule has 1 atom stereocenters. The number of rotatable bonds is 2. The van der Waals surface area contributed by atoms with Crippen LogP contribution in [0.4, 0.5) is 8.78 Å². The molecule has 0 aromatic heterocycles. The summed E-state index contributed by atoms with van der Waals surface area (Å²) in [6.07, 6.45) is 0. The van der Waals surface area contributed by atoms with Crippen molar-refractivity contribution in [3.05, 3.63) is 69.2 Å². The summed E-state index contributed by atoms with van der Waals surface area (Å²) in [6.45, 7) is 3.85. The Morgan fingerprint density at radius 3 is 2.16 bits per heavy atom. The van der Waals surface area contributed by atoms with Gasteiger partial charge in [-0.1, -0.05) is 29.8 Å². The van der Waals surface area contributed by atoms with Gasteiger partial charge in [-0.2, -0.15) is 0 Å². The summed E-state index contributed by atoms with van der Waals surface area (Å²) in [5.74, 6) is -1.91. The molecule has 0 saturated carbocycles. The number of halogens is 3. The molecule has 0 aliphatic heterocycles. The summed E-state index contributed by atoms with van der Waals surface area (Å²) in [7, 11) is 0. The zero-order chi connectivity index (χ0) is 14.2. The summed E-state index contributed by atoms with van der Waals surface area (Å²) in [4.78, 5) is 0. The van der Waals surface area contributed by atoms with Crippen molar-refractivity contribution in [1.29, 1.82) is 0 Å². The molecule has 1 unspecified atom stereocenters. The molecule has 0 spiro atoms. The molecule has 0 saturated heterocycles. The summed E-state index contributed by atoms with van der Waals surface area (Å²) in [5, 5.41) is 0.133. The van der Waals surface area contributed by atoms with E-state index in [0.717, 1.165) is 28.8 Å². The molecule has 1 nitrogen and oxygen atoms in total. The van der Waals surface area contributed by atoms with Gasteiger partial charge >= 0.3 is 0 Å². The van der Waals surface area contributed by atoms with Crippen LogP contribution in [0.25, 0.3) is 0 Å². The van der Waals surface area contributed by atoms with Crippen molar-refractivity contribution >= 4 is 11.6 Å². The molecule has 0 radical (unpaired) electrons. The lowest BCUT2D eigenvalue weighted by atomic mass is 9.92. The Labute approximate surface area is 116 Å². The minimum absolute atomic E-state index is 0.133. The third-order valence-corrected chi connectivity index (χ3v) is 3.56. The van der Waals surface area contributed by atoms with Crippen LogP contribution in [0.1, 0.15) is 28.3 Å². The van der Waals surface area contributed by atoms with Crippen molar-refractivity contribution in [3.63, 3.8) is 0 Å². The minimum atomic E-state index is -0.970. The van der Waals surface area contributed by atoms with Crippen molar-refractivity contribution in [1.82, 2.24) is 0 Å². The van der Waals surface area contributed by atoms with Gasteiger partial charge in [0, 0.05) is 5.02 Å². The van der Waals surface area contributed by atoms with E-state index in [1.807, 2.05) is 32.0 Å². The normalized spacial score (nSPS) is 12.5. The minimum Gasteiger partial charge on any atom is -0.320 e. The van der Waals surface area contributed by atoms with Crippen LogP contribution >= 0.6 is 11.6 Å². The van der Waals surface area contributed by atoms with Crippen LogP contribution in [0.5, 0.6) is 0 Å². The topological polar surface area (TPSA) is 26.0 Å². The van der Waals surface area contributed by atoms with E-state index in [4.69, 9.17) is 17.3 Å². The van der Waals surface area contributed by atoms with Crippen LogP contribution < -0.4 is 5.73 Å². The third kappa shape index (κ3) is 2.62. The lowest BCUT2D eigenvalue weighted by molar-refractivity contribution is 0.506. The average molecular weight is 282 g/mol. The predicted molar refractivity (Wildman–Crippen MR) is 73.3 cm³/mol. The highest BCUT2D eigenvalue weighted by atomic mass is 35.5. The first-order valence-electron chi connectivity index (χ1n) is 5.88. The first-order valence-corrected chi connectivity index (χ1v) is 6.25. The molecular weight excluding hydrogens is 268 g/mol. The predicted octanol–water partition coefficient (Wildman–Crippen LogP) is 4.28. The van der Waals surface area contributed by atoms with Crippen LogP contribution in [0.3, 0.4) is 0 Å². The Morgan fingerprint density at radius 2 is 1.58 bits per heavy atom. The number of benzene rings is 2. The average Bonchev–Trinajstić information content (AvgIpc) is 2.33. The third-order valence-electron chi connectivity index (χ3n) is 3.23. The number of aryl methyl sites for hydroxylation is 2. The molecular formula is C15H14ClF2N. The van der Waals surface area contributed by atoms with Gasteiger partial charge in [-0.05, 0) is 48.2 Å².